The Bertz CT molecular complexity index is 2820. The molecule has 1 unspecified atom stereocenters. The highest BCUT2D eigenvalue weighted by Crippen LogP contribution is 2.55. The molecule has 8 aromatic carbocycles. The lowest BCUT2D eigenvalue weighted by Crippen LogP contribution is -2.22. The molecule has 1 atom stereocenters. The second-order valence-corrected chi connectivity index (χ2v) is 17.8. The predicted octanol–water partition coefficient (Wildman–Crippen LogP) is 14.7. The van der Waals surface area contributed by atoms with Gasteiger partial charge < -0.3 is 0 Å². The van der Waals surface area contributed by atoms with Crippen molar-refractivity contribution in [2.75, 3.05) is 5.75 Å². The molecule has 0 spiro atoms. The van der Waals surface area contributed by atoms with Crippen LogP contribution in [0.3, 0.4) is 0 Å². The number of fused-ring (bicyclic) bond motifs is 6. The Labute approximate surface area is 325 Å². The fraction of sp³-hybridized carbons (Fsp3) is 0.208. The molecular weight excluding hydrogens is 669 g/mol. The van der Waals surface area contributed by atoms with Crippen LogP contribution in [0, 0.1) is 0 Å². The van der Waals surface area contributed by atoms with Gasteiger partial charge in [0.1, 0.15) is 0 Å². The number of thiol groups is 1. The topological polar surface area (TPSA) is 0 Å². The van der Waals surface area contributed by atoms with E-state index in [-0.39, 0.29) is 16.2 Å². The Morgan fingerprint density at radius 3 is 1.76 bits per heavy atom. The Kier molecular flexibility index (Phi) is 7.25. The van der Waals surface area contributed by atoms with E-state index in [0.717, 1.165) is 18.6 Å². The summed E-state index contributed by atoms with van der Waals surface area (Å²) in [7, 11) is 0. The first-order valence-corrected chi connectivity index (χ1v) is 20.2. The van der Waals surface area contributed by atoms with Crippen molar-refractivity contribution >= 4 is 44.9 Å². The smallest absolute Gasteiger partial charge is 0.0392 e. The van der Waals surface area contributed by atoms with E-state index < -0.39 is 0 Å². The van der Waals surface area contributed by atoms with Gasteiger partial charge in [0, 0.05) is 10.8 Å². The molecule has 0 aliphatic heterocycles. The van der Waals surface area contributed by atoms with Gasteiger partial charge >= 0.3 is 0 Å². The molecule has 0 nitrogen and oxygen atoms in total. The van der Waals surface area contributed by atoms with Crippen LogP contribution < -0.4 is 0 Å². The molecule has 54 heavy (non-hydrogen) atoms. The van der Waals surface area contributed by atoms with Gasteiger partial charge in [-0.2, -0.15) is 12.6 Å². The minimum Gasteiger partial charge on any atom is -0.179 e. The van der Waals surface area contributed by atoms with Crippen LogP contribution in [0.1, 0.15) is 75.3 Å². The zero-order valence-electron chi connectivity index (χ0n) is 32.0. The van der Waals surface area contributed by atoms with Gasteiger partial charge in [-0.15, -0.1) is 6.58 Å². The fourth-order valence-corrected chi connectivity index (χ4v) is 10.3. The number of benzene rings is 8. The maximum absolute atomic E-state index is 4.60. The fourth-order valence-electron chi connectivity index (χ4n) is 10.1. The highest BCUT2D eigenvalue weighted by Gasteiger charge is 2.41. The van der Waals surface area contributed by atoms with Crippen LogP contribution in [0.5, 0.6) is 0 Å². The van der Waals surface area contributed by atoms with Crippen LogP contribution in [0.15, 0.2) is 140 Å². The van der Waals surface area contributed by atoms with Gasteiger partial charge in [-0.25, -0.2) is 0 Å². The van der Waals surface area contributed by atoms with E-state index in [1.54, 1.807) is 0 Å². The number of rotatable bonds is 6. The van der Waals surface area contributed by atoms with Gasteiger partial charge in [0.05, 0.1) is 0 Å². The van der Waals surface area contributed by atoms with Crippen molar-refractivity contribution in [2.45, 2.75) is 63.7 Å². The summed E-state index contributed by atoms with van der Waals surface area (Å²) in [6, 6.07) is 49.1. The van der Waals surface area contributed by atoms with Crippen molar-refractivity contribution < 1.29 is 0 Å². The standard InChI is InChI=1S/C53H46S/c1-7-53(25-10-26-54)45-12-9-8-11-40(45)43-22-17-34(30-48(43)53)33-16-21-41-42-23-18-35(31-47(42)52(5,6)46(41)29-33)39-20-15-32-13-14-36-27-38(51(2,3)4)28-37-19-24-44(39)50(32)49(36)37/h7-9,11-24,27-31,54H,1,10,25-26H2,2-6H3. The Morgan fingerprint density at radius 2 is 1.09 bits per heavy atom. The normalized spacial score (nSPS) is 16.9. The third-order valence-electron chi connectivity index (χ3n) is 13.1. The summed E-state index contributed by atoms with van der Waals surface area (Å²) < 4.78 is 0. The number of hydrogen-bond acceptors (Lipinski definition) is 1. The van der Waals surface area contributed by atoms with Gasteiger partial charge in [-0.05, 0) is 147 Å². The molecule has 0 fully saturated rings. The molecule has 0 saturated heterocycles. The van der Waals surface area contributed by atoms with E-state index in [1.165, 1.54) is 105 Å². The first-order valence-electron chi connectivity index (χ1n) is 19.5. The molecule has 0 bridgehead atoms. The minimum absolute atomic E-state index is 0.0994. The first-order chi connectivity index (χ1) is 26.0. The Balaban J connectivity index is 1.06. The summed E-state index contributed by atoms with van der Waals surface area (Å²) in [5.41, 5.74) is 17.1. The third-order valence-corrected chi connectivity index (χ3v) is 13.4. The monoisotopic (exact) mass is 714 g/mol. The number of allylic oxidation sites excluding steroid dienone is 1. The molecule has 10 rings (SSSR count). The molecule has 0 N–H and O–H groups in total. The molecule has 0 aromatic heterocycles. The van der Waals surface area contributed by atoms with Crippen LogP contribution in [-0.2, 0) is 16.2 Å². The zero-order valence-corrected chi connectivity index (χ0v) is 32.9. The van der Waals surface area contributed by atoms with Crippen LogP contribution >= 0.6 is 12.6 Å². The van der Waals surface area contributed by atoms with Crippen molar-refractivity contribution in [1.82, 2.24) is 0 Å². The SMILES string of the molecule is C=CC1(CCCS)c2ccccc2-c2ccc(-c3ccc4c(c3)C(C)(C)c3cc(-c5ccc6ccc7cc(C(C)(C)C)cc8ccc5c6c78)ccc3-4)cc21. The van der Waals surface area contributed by atoms with Gasteiger partial charge in [-0.3, -0.25) is 0 Å². The van der Waals surface area contributed by atoms with E-state index >= 15 is 0 Å². The van der Waals surface area contributed by atoms with Crippen molar-refractivity contribution in [2.24, 2.45) is 0 Å². The largest absolute Gasteiger partial charge is 0.179 e. The molecule has 0 heterocycles. The highest BCUT2D eigenvalue weighted by atomic mass is 32.1. The lowest BCUT2D eigenvalue weighted by Gasteiger charge is -2.29. The maximum atomic E-state index is 4.60. The van der Waals surface area contributed by atoms with Gasteiger partial charge in [0.15, 0.2) is 0 Å². The minimum atomic E-state index is -0.201. The molecule has 0 radical (unpaired) electrons. The highest BCUT2D eigenvalue weighted by molar-refractivity contribution is 7.80. The van der Waals surface area contributed by atoms with E-state index in [2.05, 4.69) is 187 Å². The summed E-state index contributed by atoms with van der Waals surface area (Å²) >= 11 is 4.60. The summed E-state index contributed by atoms with van der Waals surface area (Å²) in [4.78, 5) is 0. The molecule has 2 aliphatic carbocycles. The molecule has 264 valence electrons. The molecule has 8 aromatic rings. The van der Waals surface area contributed by atoms with E-state index in [4.69, 9.17) is 0 Å². The van der Waals surface area contributed by atoms with Crippen LogP contribution in [-0.4, -0.2) is 5.75 Å². The zero-order chi connectivity index (χ0) is 37.1. The average molecular weight is 715 g/mol. The van der Waals surface area contributed by atoms with Crippen LogP contribution in [0.25, 0.3) is 76.8 Å². The molecule has 2 aliphatic rings. The molecule has 0 amide bonds. The lowest BCUT2D eigenvalue weighted by atomic mass is 9.74. The Morgan fingerprint density at radius 1 is 0.556 bits per heavy atom. The summed E-state index contributed by atoms with van der Waals surface area (Å²) in [5, 5.41) is 8.04. The second kappa shape index (κ2) is 11.7. The second-order valence-electron chi connectivity index (χ2n) is 17.4. The van der Waals surface area contributed by atoms with Crippen molar-refractivity contribution in [3.05, 3.63) is 168 Å². The molecular formula is C53H46S. The van der Waals surface area contributed by atoms with Gasteiger partial charge in [0.25, 0.3) is 0 Å². The predicted molar refractivity (Wildman–Crippen MR) is 237 cm³/mol. The van der Waals surface area contributed by atoms with E-state index in [9.17, 15) is 0 Å². The number of hydrogen-bond donors (Lipinski definition) is 1. The summed E-state index contributed by atoms with van der Waals surface area (Å²) in [5.74, 6) is 0.865. The average Bonchev–Trinajstić information content (AvgIpc) is 3.59. The maximum Gasteiger partial charge on any atom is 0.0392 e. The summed E-state index contributed by atoms with van der Waals surface area (Å²) in [6.45, 7) is 16.1. The lowest BCUT2D eigenvalue weighted by molar-refractivity contribution is 0.587. The molecule has 1 heteroatoms. The van der Waals surface area contributed by atoms with Crippen molar-refractivity contribution in [3.8, 4) is 44.5 Å². The first kappa shape index (κ1) is 33.5. The van der Waals surface area contributed by atoms with Gasteiger partial charge in [0.2, 0.25) is 0 Å². The molecule has 0 saturated carbocycles. The Hall–Kier alpha value is -5.11. The van der Waals surface area contributed by atoms with E-state index in [1.807, 2.05) is 0 Å². The summed E-state index contributed by atoms with van der Waals surface area (Å²) in [6.07, 6.45) is 4.23. The van der Waals surface area contributed by atoms with Crippen molar-refractivity contribution in [3.63, 3.8) is 0 Å². The quantitative estimate of drug-likeness (QED) is 0.0989. The van der Waals surface area contributed by atoms with Gasteiger partial charge in [-0.1, -0.05) is 150 Å². The van der Waals surface area contributed by atoms with Crippen molar-refractivity contribution in [1.29, 1.82) is 0 Å². The van der Waals surface area contributed by atoms with Crippen LogP contribution in [0.4, 0.5) is 0 Å². The third kappa shape index (κ3) is 4.64. The van der Waals surface area contributed by atoms with Crippen LogP contribution in [0.2, 0.25) is 0 Å². The van der Waals surface area contributed by atoms with E-state index in [0.29, 0.717) is 0 Å².